The number of anilines is 1. The number of carbonyl (C=O) groups excluding carboxylic acids is 1. The molecule has 1 aromatic carbocycles. The van der Waals surface area contributed by atoms with Crippen LogP contribution < -0.4 is 5.32 Å². The highest BCUT2D eigenvalue weighted by Crippen LogP contribution is 2.21. The number of amides is 2. The van der Waals surface area contributed by atoms with Gasteiger partial charge in [-0.15, -0.1) is 5.10 Å². The highest BCUT2D eigenvalue weighted by molar-refractivity contribution is 5.89. The Morgan fingerprint density at radius 1 is 1.31 bits per heavy atom. The third-order valence-corrected chi connectivity index (χ3v) is 4.32. The van der Waals surface area contributed by atoms with Crippen molar-refractivity contribution in [3.63, 3.8) is 0 Å². The lowest BCUT2D eigenvalue weighted by Gasteiger charge is -2.30. The molecule has 9 heteroatoms. The summed E-state index contributed by atoms with van der Waals surface area (Å²) in [5.74, 6) is -2.76. The van der Waals surface area contributed by atoms with E-state index in [0.717, 1.165) is 12.1 Å². The van der Waals surface area contributed by atoms with Gasteiger partial charge in [-0.1, -0.05) is 0 Å². The number of halogens is 2. The lowest BCUT2D eigenvalue weighted by atomic mass is 9.99. The van der Waals surface area contributed by atoms with Gasteiger partial charge >= 0.3 is 12.0 Å². The number of benzene rings is 1. The van der Waals surface area contributed by atoms with Gasteiger partial charge in [0, 0.05) is 30.9 Å². The van der Waals surface area contributed by atoms with E-state index in [9.17, 15) is 18.4 Å². The van der Waals surface area contributed by atoms with Crippen LogP contribution in [0.2, 0.25) is 0 Å². The lowest BCUT2D eigenvalue weighted by Crippen LogP contribution is -2.44. The van der Waals surface area contributed by atoms with Gasteiger partial charge in [0.15, 0.2) is 11.6 Å². The molecule has 2 heterocycles. The summed E-state index contributed by atoms with van der Waals surface area (Å²) in [6, 6.07) is 4.24. The Morgan fingerprint density at radius 3 is 2.77 bits per heavy atom. The molecule has 138 valence electrons. The van der Waals surface area contributed by atoms with Crippen molar-refractivity contribution in [1.82, 2.24) is 14.7 Å². The summed E-state index contributed by atoms with van der Waals surface area (Å²) in [5, 5.41) is 15.8. The molecule has 2 N–H and O–H groups in total. The van der Waals surface area contributed by atoms with Crippen LogP contribution in [-0.2, 0) is 4.79 Å². The Kier molecular flexibility index (Phi) is 4.88. The third kappa shape index (κ3) is 3.66. The van der Waals surface area contributed by atoms with E-state index in [0.29, 0.717) is 25.1 Å². The van der Waals surface area contributed by atoms with Crippen LogP contribution in [0.5, 0.6) is 0 Å². The first kappa shape index (κ1) is 17.8. The van der Waals surface area contributed by atoms with Crippen molar-refractivity contribution in [2.24, 2.45) is 5.92 Å². The Balaban J connectivity index is 1.75. The summed E-state index contributed by atoms with van der Waals surface area (Å²) in [7, 11) is 0. The highest BCUT2D eigenvalue weighted by Gasteiger charge is 2.28. The molecule has 1 unspecified atom stereocenters. The number of carboxylic acid groups (broad SMARTS) is 1. The van der Waals surface area contributed by atoms with E-state index < -0.39 is 29.6 Å². The number of carbonyl (C=O) groups is 2. The van der Waals surface area contributed by atoms with Crippen molar-refractivity contribution in [3.05, 3.63) is 41.6 Å². The minimum Gasteiger partial charge on any atom is -0.481 e. The topological polar surface area (TPSA) is 87.5 Å². The molecule has 0 radical (unpaired) electrons. The summed E-state index contributed by atoms with van der Waals surface area (Å²) in [6.07, 6.45) is 1.15. The van der Waals surface area contributed by atoms with Crippen molar-refractivity contribution < 1.29 is 23.5 Å². The molecule has 26 heavy (non-hydrogen) atoms. The van der Waals surface area contributed by atoms with Gasteiger partial charge in [0.25, 0.3) is 0 Å². The Hall–Kier alpha value is -2.97. The van der Waals surface area contributed by atoms with Gasteiger partial charge in [-0.3, -0.25) is 10.1 Å². The van der Waals surface area contributed by atoms with E-state index in [1.54, 1.807) is 13.0 Å². The number of hydrogen-bond acceptors (Lipinski definition) is 3. The molecule has 1 atom stereocenters. The van der Waals surface area contributed by atoms with E-state index in [1.165, 1.54) is 15.6 Å². The second kappa shape index (κ2) is 7.11. The van der Waals surface area contributed by atoms with Crippen molar-refractivity contribution in [2.75, 3.05) is 18.4 Å². The number of rotatable bonds is 3. The van der Waals surface area contributed by atoms with Gasteiger partial charge in [0.1, 0.15) is 11.5 Å². The van der Waals surface area contributed by atoms with Gasteiger partial charge in [-0.05, 0) is 31.9 Å². The van der Waals surface area contributed by atoms with Crippen LogP contribution in [0, 0.1) is 24.5 Å². The second-order valence-electron chi connectivity index (χ2n) is 6.23. The molecular weight excluding hydrogens is 346 g/mol. The average molecular weight is 364 g/mol. The molecule has 2 aromatic rings. The zero-order valence-corrected chi connectivity index (χ0v) is 14.1. The first-order valence-corrected chi connectivity index (χ1v) is 8.16. The number of aryl methyl sites for hydroxylation is 1. The van der Waals surface area contributed by atoms with Crippen LogP contribution in [0.1, 0.15) is 18.5 Å². The fraction of sp³-hybridized carbons (Fsp3) is 0.353. The number of urea groups is 1. The maximum absolute atomic E-state index is 13.9. The third-order valence-electron chi connectivity index (χ3n) is 4.32. The van der Waals surface area contributed by atoms with E-state index in [-0.39, 0.29) is 18.1 Å². The zero-order chi connectivity index (χ0) is 18.8. The number of nitrogens with zero attached hydrogens (tertiary/aromatic N) is 3. The van der Waals surface area contributed by atoms with E-state index in [4.69, 9.17) is 5.11 Å². The van der Waals surface area contributed by atoms with Crippen LogP contribution in [0.25, 0.3) is 5.69 Å². The summed E-state index contributed by atoms with van der Waals surface area (Å²) >= 11 is 0. The first-order valence-electron chi connectivity index (χ1n) is 8.16. The molecule has 1 aliphatic rings. The minimum atomic E-state index is -0.922. The normalized spacial score (nSPS) is 17.2. The van der Waals surface area contributed by atoms with Crippen molar-refractivity contribution in [2.45, 2.75) is 19.8 Å². The van der Waals surface area contributed by atoms with Gasteiger partial charge in [-0.25, -0.2) is 18.3 Å². The first-order chi connectivity index (χ1) is 12.3. The highest BCUT2D eigenvalue weighted by atomic mass is 19.1. The SMILES string of the molecule is Cc1cc(NC(=O)N2CCCC(C(=O)O)C2)nn1-c1ccc(F)cc1F. The predicted molar refractivity (Wildman–Crippen MR) is 89.2 cm³/mol. The van der Waals surface area contributed by atoms with Crippen molar-refractivity contribution in [3.8, 4) is 5.69 Å². The number of aliphatic carboxylic acids is 1. The van der Waals surface area contributed by atoms with Gasteiger partial charge < -0.3 is 10.0 Å². The smallest absolute Gasteiger partial charge is 0.323 e. The minimum absolute atomic E-state index is 0.0633. The van der Waals surface area contributed by atoms with Gasteiger partial charge in [0.2, 0.25) is 0 Å². The van der Waals surface area contributed by atoms with Crippen molar-refractivity contribution in [1.29, 1.82) is 0 Å². The largest absolute Gasteiger partial charge is 0.481 e. The predicted octanol–water partition coefficient (Wildman–Crippen LogP) is 2.79. The Labute approximate surface area is 148 Å². The monoisotopic (exact) mass is 364 g/mol. The molecule has 0 saturated carbocycles. The molecule has 7 nitrogen and oxygen atoms in total. The summed E-state index contributed by atoms with van der Waals surface area (Å²) in [4.78, 5) is 24.9. The Bertz CT molecular complexity index is 853. The number of hydrogen-bond donors (Lipinski definition) is 2. The maximum atomic E-state index is 13.9. The number of aromatic nitrogens is 2. The van der Waals surface area contributed by atoms with Gasteiger partial charge in [-0.2, -0.15) is 0 Å². The number of piperidine rings is 1. The molecule has 1 aromatic heterocycles. The van der Waals surface area contributed by atoms with E-state index >= 15 is 0 Å². The molecule has 1 aliphatic heterocycles. The molecule has 0 aliphatic carbocycles. The summed E-state index contributed by atoms with van der Waals surface area (Å²) in [6.45, 7) is 2.27. The molecule has 0 bridgehead atoms. The average Bonchev–Trinajstić information content (AvgIpc) is 2.95. The standard InChI is InChI=1S/C17H18F2N4O3/c1-10-7-15(21-23(10)14-5-4-12(18)8-13(14)19)20-17(26)22-6-2-3-11(9-22)16(24)25/h4-5,7-8,11H,2-3,6,9H2,1H3,(H,24,25)(H,20,21,26). The lowest BCUT2D eigenvalue weighted by molar-refractivity contribution is -0.143. The van der Waals surface area contributed by atoms with Crippen LogP contribution in [-0.4, -0.2) is 44.9 Å². The fourth-order valence-corrected chi connectivity index (χ4v) is 2.98. The van der Waals surface area contributed by atoms with Crippen LogP contribution >= 0.6 is 0 Å². The maximum Gasteiger partial charge on any atom is 0.323 e. The van der Waals surface area contributed by atoms with Crippen LogP contribution in [0.4, 0.5) is 19.4 Å². The summed E-state index contributed by atoms with van der Waals surface area (Å²) < 4.78 is 28.3. The molecule has 1 fully saturated rings. The van der Waals surface area contributed by atoms with Crippen LogP contribution in [0.3, 0.4) is 0 Å². The second-order valence-corrected chi connectivity index (χ2v) is 6.23. The number of likely N-dealkylation sites (tertiary alicyclic amines) is 1. The summed E-state index contributed by atoms with van der Waals surface area (Å²) in [5.41, 5.74) is 0.612. The molecular formula is C17H18F2N4O3. The van der Waals surface area contributed by atoms with E-state index in [1.807, 2.05) is 0 Å². The number of carboxylic acids is 1. The molecule has 2 amide bonds. The van der Waals surface area contributed by atoms with Crippen molar-refractivity contribution >= 4 is 17.8 Å². The van der Waals surface area contributed by atoms with Crippen LogP contribution in [0.15, 0.2) is 24.3 Å². The Morgan fingerprint density at radius 2 is 2.08 bits per heavy atom. The molecule has 3 rings (SSSR count). The van der Waals surface area contributed by atoms with E-state index in [2.05, 4.69) is 10.4 Å². The quantitative estimate of drug-likeness (QED) is 0.877. The fourth-order valence-electron chi connectivity index (χ4n) is 2.98. The molecule has 0 spiro atoms. The van der Waals surface area contributed by atoms with Gasteiger partial charge in [0.05, 0.1) is 5.92 Å². The number of nitrogens with one attached hydrogen (secondary N) is 1. The molecule has 1 saturated heterocycles. The zero-order valence-electron chi connectivity index (χ0n) is 14.1.